The summed E-state index contributed by atoms with van der Waals surface area (Å²) in [6.45, 7) is 19.3. The second-order valence-corrected chi connectivity index (χ2v) is 32.2. The number of esters is 1. The Morgan fingerprint density at radius 3 is 0.970 bits per heavy atom. The molecule has 0 aromatic heterocycles. The second-order valence-electron chi connectivity index (χ2n) is 29.5. The number of carbonyl (C=O) groups is 1. The summed E-state index contributed by atoms with van der Waals surface area (Å²) in [6.07, 6.45) is 85.7. The molecule has 1 aliphatic heterocycles. The van der Waals surface area contributed by atoms with Crippen LogP contribution in [-0.2, 0) is 9.53 Å². The third-order valence-electron chi connectivity index (χ3n) is 19.7. The van der Waals surface area contributed by atoms with Crippen LogP contribution in [0, 0.1) is 0 Å². The van der Waals surface area contributed by atoms with E-state index in [9.17, 15) is 25.2 Å². The van der Waals surface area contributed by atoms with Gasteiger partial charge in [0.15, 0.2) is 0 Å². The number of piperazine rings is 1. The number of ether oxygens (including phenoxy) is 1. The van der Waals surface area contributed by atoms with Crippen molar-refractivity contribution in [2.24, 2.45) is 0 Å². The van der Waals surface area contributed by atoms with Crippen molar-refractivity contribution in [3.8, 4) is 0 Å². The minimum absolute atomic E-state index is 0.151. The average Bonchev–Trinajstić information content (AvgIpc) is 2.50. The number of carbonyl (C=O) groups excluding carboxylic acids is 1. The fourth-order valence-corrected chi connectivity index (χ4v) is 15.4. The summed E-state index contributed by atoms with van der Waals surface area (Å²) in [5, 5.41) is 44.8. The van der Waals surface area contributed by atoms with E-state index in [-0.39, 0.29) is 18.2 Å². The zero-order valence-electron chi connectivity index (χ0n) is 65.6. The Morgan fingerprint density at radius 2 is 0.616 bits per heavy atom. The summed E-state index contributed by atoms with van der Waals surface area (Å²) < 4.78 is 5.79. The molecule has 580 valence electrons. The highest BCUT2D eigenvalue weighted by molar-refractivity contribution is 8.76. The van der Waals surface area contributed by atoms with Gasteiger partial charge in [-0.05, 0) is 167 Å². The maximum Gasteiger partial charge on any atom is 0.305 e. The van der Waals surface area contributed by atoms with Crippen molar-refractivity contribution in [2.45, 2.75) is 380 Å². The number of hydrogen-bond donors (Lipinski definition) is 4. The molecule has 1 rings (SSSR count). The monoisotopic (exact) mass is 1430 g/mol. The van der Waals surface area contributed by atoms with Crippen molar-refractivity contribution < 1.29 is 30.0 Å². The Hall–Kier alpha value is -1.71. The van der Waals surface area contributed by atoms with Crippen molar-refractivity contribution in [1.29, 1.82) is 0 Å². The first kappa shape index (κ1) is 95.3. The Bertz CT molecular complexity index is 1750. The van der Waals surface area contributed by atoms with E-state index in [0.29, 0.717) is 52.2 Å². The summed E-state index contributed by atoms with van der Waals surface area (Å²) in [7, 11) is 3.93. The molecule has 1 aliphatic rings. The molecular weight excluding hydrogens is 1260 g/mol. The minimum Gasteiger partial charge on any atom is -0.464 e. The standard InChI is InChI=1S/C87H164N4O6S2/c1-5-9-13-17-21-25-29-33-37-41-45-49-53-57-63-83(92)79-90(80-84(93)64-58-54-50-46-42-38-34-30-26-22-18-14-10-6-2)68-61-67-87(96)97-76-74-88-70-72-89(73-71-88)75-78-99-98-77-62-69-91(81-85(94)65-59-55-51-47-43-39-35-31-27-23-19-15-11-7-3)82-86(95)66-60-56-52-48-44-40-36-32-28-24-20-16-12-8-4/h23-24,27-28,33-40,83-86,92-95H,5-22,25-26,29-32,41-82H2,1-4H3/b27-23-,28-24-,37-33-,38-34-,39-35-,40-36-. The van der Waals surface area contributed by atoms with Crippen molar-refractivity contribution in [3.63, 3.8) is 0 Å². The minimum atomic E-state index is -0.433. The van der Waals surface area contributed by atoms with Crippen LogP contribution in [-0.4, -0.2) is 167 Å². The maximum absolute atomic E-state index is 13.0. The van der Waals surface area contributed by atoms with E-state index >= 15 is 0 Å². The molecule has 4 unspecified atom stereocenters. The first-order chi connectivity index (χ1) is 48.7. The molecule has 12 heteroatoms. The molecule has 0 aromatic carbocycles. The molecule has 99 heavy (non-hydrogen) atoms. The Morgan fingerprint density at radius 1 is 0.343 bits per heavy atom. The quantitative estimate of drug-likeness (QED) is 0.0201. The van der Waals surface area contributed by atoms with Gasteiger partial charge in [0.2, 0.25) is 0 Å². The van der Waals surface area contributed by atoms with Crippen LogP contribution in [0.25, 0.3) is 0 Å². The highest BCUT2D eigenvalue weighted by atomic mass is 33.1. The smallest absolute Gasteiger partial charge is 0.305 e. The fraction of sp³-hybridized carbons (Fsp3) is 0.851. The van der Waals surface area contributed by atoms with Gasteiger partial charge in [-0.15, -0.1) is 0 Å². The summed E-state index contributed by atoms with van der Waals surface area (Å²) in [6, 6.07) is 0. The van der Waals surface area contributed by atoms with Gasteiger partial charge in [-0.3, -0.25) is 24.4 Å². The topological polar surface area (TPSA) is 120 Å². The largest absolute Gasteiger partial charge is 0.464 e. The Kier molecular flexibility index (Phi) is 74.5. The molecule has 0 aliphatic carbocycles. The molecule has 0 spiro atoms. The van der Waals surface area contributed by atoms with Crippen molar-refractivity contribution in [3.05, 3.63) is 72.9 Å². The van der Waals surface area contributed by atoms with Gasteiger partial charge in [0.05, 0.1) is 24.4 Å². The predicted molar refractivity (Wildman–Crippen MR) is 439 cm³/mol. The highest BCUT2D eigenvalue weighted by Gasteiger charge is 2.20. The summed E-state index contributed by atoms with van der Waals surface area (Å²) in [5.41, 5.74) is 0. The molecule has 0 saturated carbocycles. The zero-order valence-corrected chi connectivity index (χ0v) is 67.3. The van der Waals surface area contributed by atoms with E-state index in [1.54, 1.807) is 0 Å². The van der Waals surface area contributed by atoms with Crippen LogP contribution in [0.15, 0.2) is 72.9 Å². The van der Waals surface area contributed by atoms with Crippen molar-refractivity contribution in [2.75, 3.05) is 96.6 Å². The van der Waals surface area contributed by atoms with Gasteiger partial charge in [0.1, 0.15) is 6.61 Å². The van der Waals surface area contributed by atoms with E-state index in [1.165, 1.54) is 193 Å². The molecule has 0 aromatic rings. The average molecular weight is 1430 g/mol. The molecule has 0 radical (unpaired) electrons. The lowest BCUT2D eigenvalue weighted by atomic mass is 10.1. The number of aliphatic hydroxyl groups is 4. The van der Waals surface area contributed by atoms with E-state index in [2.05, 4.69) is 120 Å². The third kappa shape index (κ3) is 70.4. The number of unbranched alkanes of at least 4 members (excludes halogenated alkanes) is 34. The van der Waals surface area contributed by atoms with E-state index in [1.807, 2.05) is 21.6 Å². The number of nitrogens with zero attached hydrogens (tertiary/aromatic N) is 4. The highest BCUT2D eigenvalue weighted by Crippen LogP contribution is 2.23. The van der Waals surface area contributed by atoms with Crippen LogP contribution in [0.2, 0.25) is 0 Å². The van der Waals surface area contributed by atoms with Gasteiger partial charge in [0.25, 0.3) is 0 Å². The predicted octanol–water partition coefficient (Wildman–Crippen LogP) is 22.9. The van der Waals surface area contributed by atoms with Crippen molar-refractivity contribution >= 4 is 27.6 Å². The van der Waals surface area contributed by atoms with Gasteiger partial charge in [-0.2, -0.15) is 0 Å². The first-order valence-electron chi connectivity index (χ1n) is 42.6. The Balaban J connectivity index is 2.49. The molecule has 4 atom stereocenters. The van der Waals surface area contributed by atoms with Gasteiger partial charge in [-0.1, -0.05) is 289 Å². The van der Waals surface area contributed by atoms with Gasteiger partial charge in [-0.25, -0.2) is 0 Å². The van der Waals surface area contributed by atoms with E-state index in [4.69, 9.17) is 4.74 Å². The lowest BCUT2D eigenvalue weighted by molar-refractivity contribution is -0.144. The van der Waals surface area contributed by atoms with Crippen LogP contribution in [0.4, 0.5) is 0 Å². The van der Waals surface area contributed by atoms with Crippen LogP contribution in [0.1, 0.15) is 355 Å². The molecule has 4 N–H and O–H groups in total. The van der Waals surface area contributed by atoms with Crippen LogP contribution < -0.4 is 0 Å². The lowest BCUT2D eigenvalue weighted by Gasteiger charge is -2.34. The third-order valence-corrected chi connectivity index (χ3v) is 22.2. The molecule has 0 amide bonds. The summed E-state index contributed by atoms with van der Waals surface area (Å²) >= 11 is 0. The first-order valence-corrected chi connectivity index (χ1v) is 45.1. The summed E-state index contributed by atoms with van der Waals surface area (Å²) in [4.78, 5) is 22.6. The molecule has 1 heterocycles. The fourth-order valence-electron chi connectivity index (χ4n) is 13.3. The normalized spacial score (nSPS) is 15.0. The van der Waals surface area contributed by atoms with Crippen LogP contribution >= 0.6 is 21.6 Å². The number of hydrogen-bond acceptors (Lipinski definition) is 12. The lowest BCUT2D eigenvalue weighted by Crippen LogP contribution is -2.47. The summed E-state index contributed by atoms with van der Waals surface area (Å²) in [5.74, 6) is 2.00. The van der Waals surface area contributed by atoms with Gasteiger partial charge >= 0.3 is 5.97 Å². The molecule has 1 fully saturated rings. The molecule has 1 saturated heterocycles. The van der Waals surface area contributed by atoms with Crippen molar-refractivity contribution in [1.82, 2.24) is 19.6 Å². The van der Waals surface area contributed by atoms with Gasteiger partial charge in [0, 0.05) is 83.4 Å². The van der Waals surface area contributed by atoms with Crippen LogP contribution in [0.3, 0.4) is 0 Å². The number of aliphatic hydroxyl groups excluding tert-OH is 4. The van der Waals surface area contributed by atoms with Gasteiger partial charge < -0.3 is 25.2 Å². The molecule has 10 nitrogen and oxygen atoms in total. The number of rotatable bonds is 77. The number of allylic oxidation sites excluding steroid dienone is 12. The Labute approximate surface area is 622 Å². The molecule has 0 bridgehead atoms. The van der Waals surface area contributed by atoms with E-state index in [0.717, 1.165) is 179 Å². The van der Waals surface area contributed by atoms with Crippen LogP contribution in [0.5, 0.6) is 0 Å². The molecular formula is C87H164N4O6S2. The second kappa shape index (κ2) is 77.4. The van der Waals surface area contributed by atoms with E-state index < -0.39 is 12.2 Å². The SMILES string of the molecule is CCCCC/C=C\C/C=C\CCCCCCC(O)CN(CCCSSCCN1CCN(CCOC(=O)CCCN(CC(O)CCCCCC/C=C\CCCCCCCC)CC(O)CCCCCC/C=C\CCCCCCCC)CC1)CC(O)CCCCCC/C=C\C/C=C\CCCCC. The maximum atomic E-state index is 13.0. The zero-order chi connectivity index (χ0) is 71.5.